The van der Waals surface area contributed by atoms with Gasteiger partial charge in [0.15, 0.2) is 6.10 Å². The third-order valence-electron chi connectivity index (χ3n) is 3.53. The SMILES string of the molecule is CC(Oc1cccc(F)c1)C(=O)Nc1cccc2ccccc12. The molecule has 4 heteroatoms. The lowest BCUT2D eigenvalue weighted by atomic mass is 10.1. The van der Waals surface area contributed by atoms with Gasteiger partial charge in [-0.05, 0) is 30.5 Å². The quantitative estimate of drug-likeness (QED) is 0.776. The molecule has 0 heterocycles. The van der Waals surface area contributed by atoms with E-state index in [1.54, 1.807) is 19.1 Å². The van der Waals surface area contributed by atoms with Crippen LogP contribution in [0.15, 0.2) is 66.7 Å². The number of ether oxygens (including phenoxy) is 1. The Morgan fingerprint density at radius 1 is 1.04 bits per heavy atom. The average molecular weight is 309 g/mol. The number of anilines is 1. The van der Waals surface area contributed by atoms with Crippen LogP contribution in [0.25, 0.3) is 10.8 Å². The number of nitrogens with one attached hydrogen (secondary N) is 1. The largest absolute Gasteiger partial charge is 0.481 e. The number of benzene rings is 3. The van der Waals surface area contributed by atoms with Gasteiger partial charge in [-0.25, -0.2) is 4.39 Å². The van der Waals surface area contributed by atoms with E-state index < -0.39 is 11.9 Å². The molecule has 0 bridgehead atoms. The van der Waals surface area contributed by atoms with Gasteiger partial charge in [-0.2, -0.15) is 0 Å². The van der Waals surface area contributed by atoms with Crippen LogP contribution in [0.2, 0.25) is 0 Å². The zero-order valence-corrected chi connectivity index (χ0v) is 12.6. The highest BCUT2D eigenvalue weighted by atomic mass is 19.1. The third kappa shape index (κ3) is 3.48. The van der Waals surface area contributed by atoms with Gasteiger partial charge < -0.3 is 10.1 Å². The molecule has 0 aromatic heterocycles. The van der Waals surface area contributed by atoms with Crippen LogP contribution in [-0.2, 0) is 4.79 Å². The summed E-state index contributed by atoms with van der Waals surface area (Å²) >= 11 is 0. The zero-order chi connectivity index (χ0) is 16.2. The molecule has 0 saturated carbocycles. The van der Waals surface area contributed by atoms with E-state index in [1.165, 1.54) is 12.1 Å². The van der Waals surface area contributed by atoms with Crippen molar-refractivity contribution in [2.45, 2.75) is 13.0 Å². The molecule has 0 aliphatic heterocycles. The van der Waals surface area contributed by atoms with Gasteiger partial charge in [0.25, 0.3) is 5.91 Å². The minimum Gasteiger partial charge on any atom is -0.481 e. The lowest BCUT2D eigenvalue weighted by Crippen LogP contribution is -2.30. The van der Waals surface area contributed by atoms with Crippen LogP contribution in [0, 0.1) is 5.82 Å². The second kappa shape index (κ2) is 6.48. The summed E-state index contributed by atoms with van der Waals surface area (Å²) in [7, 11) is 0. The summed E-state index contributed by atoms with van der Waals surface area (Å²) in [5.41, 5.74) is 0.725. The predicted molar refractivity (Wildman–Crippen MR) is 89.1 cm³/mol. The van der Waals surface area contributed by atoms with Gasteiger partial charge in [0, 0.05) is 17.1 Å². The summed E-state index contributed by atoms with van der Waals surface area (Å²) in [5.74, 6) is -0.361. The number of halogens is 1. The molecular formula is C19H16FNO2. The molecular weight excluding hydrogens is 293 g/mol. The summed E-state index contributed by atoms with van der Waals surface area (Å²) in [6, 6.07) is 19.2. The van der Waals surface area contributed by atoms with Crippen LogP contribution in [0.3, 0.4) is 0 Å². The molecule has 1 unspecified atom stereocenters. The van der Waals surface area contributed by atoms with Crippen molar-refractivity contribution < 1.29 is 13.9 Å². The van der Waals surface area contributed by atoms with Crippen LogP contribution in [0.1, 0.15) is 6.92 Å². The monoisotopic (exact) mass is 309 g/mol. The highest BCUT2D eigenvalue weighted by molar-refractivity contribution is 6.03. The van der Waals surface area contributed by atoms with Gasteiger partial charge in [-0.3, -0.25) is 4.79 Å². The van der Waals surface area contributed by atoms with Crippen LogP contribution in [0.5, 0.6) is 5.75 Å². The maximum atomic E-state index is 13.2. The third-order valence-corrected chi connectivity index (χ3v) is 3.53. The van der Waals surface area contributed by atoms with Crippen molar-refractivity contribution in [3.63, 3.8) is 0 Å². The maximum absolute atomic E-state index is 13.2. The molecule has 0 aliphatic carbocycles. The Kier molecular flexibility index (Phi) is 4.24. The highest BCUT2D eigenvalue weighted by Crippen LogP contribution is 2.23. The Morgan fingerprint density at radius 3 is 2.61 bits per heavy atom. The number of carbonyl (C=O) groups excluding carboxylic acids is 1. The van der Waals surface area contributed by atoms with E-state index in [0.717, 1.165) is 16.5 Å². The first kappa shape index (κ1) is 15.0. The molecule has 3 rings (SSSR count). The standard InChI is InChI=1S/C19H16FNO2/c1-13(23-16-9-5-8-15(20)12-16)19(22)21-18-11-4-7-14-6-2-3-10-17(14)18/h2-13H,1H3,(H,21,22). The van der Waals surface area contributed by atoms with E-state index in [9.17, 15) is 9.18 Å². The molecule has 0 fully saturated rings. The molecule has 1 N–H and O–H groups in total. The normalized spacial score (nSPS) is 11.9. The van der Waals surface area contributed by atoms with E-state index in [1.807, 2.05) is 42.5 Å². The van der Waals surface area contributed by atoms with Gasteiger partial charge in [-0.1, -0.05) is 42.5 Å². The molecule has 0 spiro atoms. The first-order valence-electron chi connectivity index (χ1n) is 7.34. The van der Waals surface area contributed by atoms with Crippen molar-refractivity contribution in [1.82, 2.24) is 0 Å². The molecule has 3 aromatic carbocycles. The molecule has 1 atom stereocenters. The van der Waals surface area contributed by atoms with Crippen LogP contribution >= 0.6 is 0 Å². The number of hydrogen-bond acceptors (Lipinski definition) is 2. The number of rotatable bonds is 4. The summed E-state index contributed by atoms with van der Waals surface area (Å²) in [6.07, 6.45) is -0.740. The van der Waals surface area contributed by atoms with Crippen molar-refractivity contribution in [3.8, 4) is 5.75 Å². The number of carbonyl (C=O) groups is 1. The van der Waals surface area contributed by atoms with Crippen molar-refractivity contribution in [2.75, 3.05) is 5.32 Å². The van der Waals surface area contributed by atoms with Gasteiger partial charge in [0.05, 0.1) is 0 Å². The summed E-state index contributed by atoms with van der Waals surface area (Å²) in [5, 5.41) is 4.87. The minimum atomic E-state index is -0.740. The fourth-order valence-corrected chi connectivity index (χ4v) is 2.37. The zero-order valence-electron chi connectivity index (χ0n) is 12.6. The van der Waals surface area contributed by atoms with Crippen LogP contribution in [0.4, 0.5) is 10.1 Å². The van der Waals surface area contributed by atoms with Crippen LogP contribution in [-0.4, -0.2) is 12.0 Å². The highest BCUT2D eigenvalue weighted by Gasteiger charge is 2.16. The summed E-state index contributed by atoms with van der Waals surface area (Å²) in [4.78, 5) is 12.3. The molecule has 3 aromatic rings. The molecule has 0 saturated heterocycles. The number of hydrogen-bond donors (Lipinski definition) is 1. The summed E-state index contributed by atoms with van der Waals surface area (Å²) in [6.45, 7) is 1.63. The van der Waals surface area contributed by atoms with Crippen molar-refractivity contribution >= 4 is 22.4 Å². The first-order chi connectivity index (χ1) is 11.1. The van der Waals surface area contributed by atoms with Crippen molar-refractivity contribution in [3.05, 3.63) is 72.5 Å². The molecule has 23 heavy (non-hydrogen) atoms. The lowest BCUT2D eigenvalue weighted by molar-refractivity contribution is -0.122. The van der Waals surface area contributed by atoms with Crippen LogP contribution < -0.4 is 10.1 Å². The van der Waals surface area contributed by atoms with Gasteiger partial charge >= 0.3 is 0 Å². The maximum Gasteiger partial charge on any atom is 0.265 e. The fourth-order valence-electron chi connectivity index (χ4n) is 2.37. The summed E-state index contributed by atoms with van der Waals surface area (Å²) < 4.78 is 18.6. The average Bonchev–Trinajstić information content (AvgIpc) is 2.55. The van der Waals surface area contributed by atoms with Gasteiger partial charge in [0.1, 0.15) is 11.6 Å². The molecule has 1 amide bonds. The molecule has 116 valence electrons. The molecule has 3 nitrogen and oxygen atoms in total. The number of fused-ring (bicyclic) bond motifs is 1. The second-order valence-electron chi connectivity index (χ2n) is 5.23. The minimum absolute atomic E-state index is 0.286. The molecule has 0 aliphatic rings. The van der Waals surface area contributed by atoms with E-state index >= 15 is 0 Å². The second-order valence-corrected chi connectivity index (χ2v) is 5.23. The Bertz CT molecular complexity index is 842. The lowest BCUT2D eigenvalue weighted by Gasteiger charge is -2.15. The Morgan fingerprint density at radius 2 is 1.78 bits per heavy atom. The van der Waals surface area contributed by atoms with Gasteiger partial charge in [-0.15, -0.1) is 0 Å². The Balaban J connectivity index is 1.75. The van der Waals surface area contributed by atoms with Gasteiger partial charge in [0.2, 0.25) is 0 Å². The van der Waals surface area contributed by atoms with Crippen molar-refractivity contribution in [1.29, 1.82) is 0 Å². The number of amides is 1. The van der Waals surface area contributed by atoms with E-state index in [0.29, 0.717) is 5.75 Å². The fraction of sp³-hybridized carbons (Fsp3) is 0.105. The van der Waals surface area contributed by atoms with E-state index in [-0.39, 0.29) is 5.91 Å². The Labute approximate surface area is 133 Å². The van der Waals surface area contributed by atoms with Crippen molar-refractivity contribution in [2.24, 2.45) is 0 Å². The Hall–Kier alpha value is -2.88. The van der Waals surface area contributed by atoms with E-state index in [2.05, 4.69) is 5.32 Å². The molecule has 0 radical (unpaired) electrons. The topological polar surface area (TPSA) is 38.3 Å². The van der Waals surface area contributed by atoms with E-state index in [4.69, 9.17) is 4.74 Å². The smallest absolute Gasteiger partial charge is 0.265 e. The first-order valence-corrected chi connectivity index (χ1v) is 7.34. The predicted octanol–water partition coefficient (Wildman–Crippen LogP) is 4.38.